The summed E-state index contributed by atoms with van der Waals surface area (Å²) in [6.45, 7) is 5.77. The average molecular weight is 192 g/mol. The summed E-state index contributed by atoms with van der Waals surface area (Å²) in [5, 5.41) is 0. The van der Waals surface area contributed by atoms with Crippen molar-refractivity contribution in [3.05, 3.63) is 22.6 Å². The highest BCUT2D eigenvalue weighted by atomic mass is 16.3. The molecule has 1 heterocycles. The van der Waals surface area contributed by atoms with E-state index in [1.165, 1.54) is 6.42 Å². The predicted molar refractivity (Wildman–Crippen MR) is 54.6 cm³/mol. The van der Waals surface area contributed by atoms with Crippen LogP contribution in [0.25, 0.3) is 0 Å². The van der Waals surface area contributed by atoms with Gasteiger partial charge in [-0.15, -0.1) is 0 Å². The number of aryl methyl sites for hydroxylation is 2. The van der Waals surface area contributed by atoms with E-state index in [9.17, 15) is 4.79 Å². The highest BCUT2D eigenvalue weighted by Gasteiger charge is 2.30. The van der Waals surface area contributed by atoms with Crippen molar-refractivity contribution in [3.8, 4) is 0 Å². The van der Waals surface area contributed by atoms with Gasteiger partial charge in [-0.3, -0.25) is 4.79 Å². The van der Waals surface area contributed by atoms with Gasteiger partial charge in [0, 0.05) is 11.5 Å². The monoisotopic (exact) mass is 192 g/mol. The lowest BCUT2D eigenvalue weighted by Crippen LogP contribution is -2.22. The molecule has 0 unspecified atom stereocenters. The summed E-state index contributed by atoms with van der Waals surface area (Å²) < 4.78 is 5.46. The van der Waals surface area contributed by atoms with Gasteiger partial charge in [0.1, 0.15) is 11.5 Å². The van der Waals surface area contributed by atoms with Crippen molar-refractivity contribution in [2.45, 2.75) is 40.0 Å². The average Bonchev–Trinajstić information content (AvgIpc) is 2.23. The molecule has 0 aliphatic heterocycles. The van der Waals surface area contributed by atoms with E-state index < -0.39 is 0 Å². The summed E-state index contributed by atoms with van der Waals surface area (Å²) in [5.41, 5.74) is 1.87. The molecule has 1 aromatic rings. The maximum atomic E-state index is 12.0. The summed E-state index contributed by atoms with van der Waals surface area (Å²) in [6.07, 6.45) is 3.31. The van der Waals surface area contributed by atoms with E-state index in [0.29, 0.717) is 5.78 Å². The van der Waals surface area contributed by atoms with Crippen molar-refractivity contribution < 1.29 is 9.21 Å². The van der Waals surface area contributed by atoms with Crippen LogP contribution in [0, 0.1) is 26.7 Å². The van der Waals surface area contributed by atoms with Crippen molar-refractivity contribution in [3.63, 3.8) is 0 Å². The van der Waals surface area contributed by atoms with Crippen LogP contribution in [0.2, 0.25) is 0 Å². The molecule has 0 N–H and O–H groups in total. The molecule has 14 heavy (non-hydrogen) atoms. The van der Waals surface area contributed by atoms with Gasteiger partial charge in [0.05, 0.1) is 5.56 Å². The fourth-order valence-electron chi connectivity index (χ4n) is 2.03. The van der Waals surface area contributed by atoms with Gasteiger partial charge in [0.25, 0.3) is 0 Å². The van der Waals surface area contributed by atoms with Gasteiger partial charge in [-0.2, -0.15) is 0 Å². The van der Waals surface area contributed by atoms with Crippen LogP contribution in [0.5, 0.6) is 0 Å². The third kappa shape index (κ3) is 1.29. The van der Waals surface area contributed by atoms with Crippen LogP contribution in [-0.4, -0.2) is 5.78 Å². The van der Waals surface area contributed by atoms with E-state index in [2.05, 4.69) is 0 Å². The van der Waals surface area contributed by atoms with E-state index in [1.807, 2.05) is 20.8 Å². The molecular weight excluding hydrogens is 176 g/mol. The predicted octanol–water partition coefficient (Wildman–Crippen LogP) is 3.19. The van der Waals surface area contributed by atoms with E-state index >= 15 is 0 Å². The second-order valence-corrected chi connectivity index (χ2v) is 4.21. The summed E-state index contributed by atoms with van der Waals surface area (Å²) in [7, 11) is 0. The number of hydrogen-bond acceptors (Lipinski definition) is 2. The van der Waals surface area contributed by atoms with Gasteiger partial charge in [-0.25, -0.2) is 0 Å². The first-order valence-corrected chi connectivity index (χ1v) is 5.22. The Morgan fingerprint density at radius 1 is 1.21 bits per heavy atom. The first kappa shape index (κ1) is 9.50. The molecule has 0 bridgehead atoms. The van der Waals surface area contributed by atoms with Crippen molar-refractivity contribution in [1.29, 1.82) is 0 Å². The number of rotatable bonds is 2. The zero-order valence-corrected chi connectivity index (χ0v) is 9.02. The quantitative estimate of drug-likeness (QED) is 0.673. The summed E-state index contributed by atoms with van der Waals surface area (Å²) in [6, 6.07) is 0. The first-order valence-electron chi connectivity index (χ1n) is 5.22. The Bertz CT molecular complexity index is 370. The lowest BCUT2D eigenvalue weighted by molar-refractivity contribution is 0.0853. The number of furan rings is 1. The smallest absolute Gasteiger partial charge is 0.169 e. The molecule has 1 aliphatic carbocycles. The standard InChI is InChI=1S/C12H16O2/c1-7-8(2)14-9(3)11(7)12(13)10-5-4-6-10/h10H,4-6H2,1-3H3. The highest BCUT2D eigenvalue weighted by Crippen LogP contribution is 2.33. The van der Waals surface area contributed by atoms with Gasteiger partial charge in [0.15, 0.2) is 5.78 Å². The molecule has 0 aromatic carbocycles. The van der Waals surface area contributed by atoms with Gasteiger partial charge < -0.3 is 4.42 Å². The molecule has 0 saturated heterocycles. The lowest BCUT2D eigenvalue weighted by Gasteiger charge is -2.23. The van der Waals surface area contributed by atoms with E-state index in [1.54, 1.807) is 0 Å². The zero-order valence-electron chi connectivity index (χ0n) is 9.02. The minimum atomic E-state index is 0.268. The molecule has 0 amide bonds. The molecule has 0 atom stereocenters. The molecule has 1 aliphatic rings. The minimum absolute atomic E-state index is 0.268. The number of Topliss-reactive ketones (excluding diaryl/α,β-unsaturated/α-hetero) is 1. The Labute approximate surface area is 84.3 Å². The molecule has 1 saturated carbocycles. The third-order valence-electron chi connectivity index (χ3n) is 3.28. The van der Waals surface area contributed by atoms with E-state index in [0.717, 1.165) is 35.5 Å². The number of hydrogen-bond donors (Lipinski definition) is 0. The van der Waals surface area contributed by atoms with Crippen molar-refractivity contribution in [1.82, 2.24) is 0 Å². The fourth-order valence-corrected chi connectivity index (χ4v) is 2.03. The third-order valence-corrected chi connectivity index (χ3v) is 3.28. The Morgan fingerprint density at radius 3 is 2.21 bits per heavy atom. The van der Waals surface area contributed by atoms with Gasteiger partial charge in [-0.05, 0) is 33.6 Å². The molecular formula is C12H16O2. The van der Waals surface area contributed by atoms with Crippen molar-refractivity contribution in [2.75, 3.05) is 0 Å². The topological polar surface area (TPSA) is 30.2 Å². The fraction of sp³-hybridized carbons (Fsp3) is 0.583. The van der Waals surface area contributed by atoms with Gasteiger partial charge in [-0.1, -0.05) is 6.42 Å². The molecule has 1 aromatic heterocycles. The molecule has 2 heteroatoms. The maximum absolute atomic E-state index is 12.0. The molecule has 2 nitrogen and oxygen atoms in total. The van der Waals surface area contributed by atoms with Crippen LogP contribution < -0.4 is 0 Å². The van der Waals surface area contributed by atoms with Crippen LogP contribution in [0.15, 0.2) is 4.42 Å². The van der Waals surface area contributed by atoms with E-state index in [4.69, 9.17) is 4.42 Å². The number of carbonyl (C=O) groups is 1. The Kier molecular flexibility index (Phi) is 2.22. The summed E-state index contributed by atoms with van der Waals surface area (Å²) in [5.74, 6) is 2.23. The normalized spacial score (nSPS) is 16.8. The minimum Gasteiger partial charge on any atom is -0.466 e. The highest BCUT2D eigenvalue weighted by molar-refractivity contribution is 6.00. The largest absolute Gasteiger partial charge is 0.466 e. The van der Waals surface area contributed by atoms with Crippen LogP contribution in [0.1, 0.15) is 46.7 Å². The number of carbonyl (C=O) groups excluding carboxylic acids is 1. The second kappa shape index (κ2) is 3.26. The molecule has 2 rings (SSSR count). The molecule has 76 valence electrons. The SMILES string of the molecule is Cc1oc(C)c(C(=O)C2CCC2)c1C. The Morgan fingerprint density at radius 2 is 1.86 bits per heavy atom. The summed E-state index contributed by atoms with van der Waals surface area (Å²) >= 11 is 0. The summed E-state index contributed by atoms with van der Waals surface area (Å²) in [4.78, 5) is 12.0. The van der Waals surface area contributed by atoms with E-state index in [-0.39, 0.29) is 5.92 Å². The van der Waals surface area contributed by atoms with Crippen molar-refractivity contribution in [2.24, 2.45) is 5.92 Å². The molecule has 0 radical (unpaired) electrons. The van der Waals surface area contributed by atoms with Crippen molar-refractivity contribution >= 4 is 5.78 Å². The maximum Gasteiger partial charge on any atom is 0.169 e. The molecule has 0 spiro atoms. The van der Waals surface area contributed by atoms with Crippen LogP contribution in [-0.2, 0) is 0 Å². The first-order chi connectivity index (χ1) is 6.61. The van der Waals surface area contributed by atoms with Crippen LogP contribution >= 0.6 is 0 Å². The zero-order chi connectivity index (χ0) is 10.3. The van der Waals surface area contributed by atoms with Crippen LogP contribution in [0.4, 0.5) is 0 Å². The van der Waals surface area contributed by atoms with Gasteiger partial charge in [0.2, 0.25) is 0 Å². The lowest BCUT2D eigenvalue weighted by atomic mass is 9.79. The Hall–Kier alpha value is -1.05. The Balaban J connectivity index is 2.34. The number of ketones is 1. The second-order valence-electron chi connectivity index (χ2n) is 4.21. The molecule has 1 fully saturated rings. The van der Waals surface area contributed by atoms with Crippen LogP contribution in [0.3, 0.4) is 0 Å². The van der Waals surface area contributed by atoms with Gasteiger partial charge >= 0.3 is 0 Å².